The van der Waals surface area contributed by atoms with Gasteiger partial charge in [-0.15, -0.1) is 0 Å². The van der Waals surface area contributed by atoms with Crippen LogP contribution in [-0.4, -0.2) is 29.3 Å². The average molecular weight is 384 g/mol. The lowest BCUT2D eigenvalue weighted by atomic mass is 10.1. The Bertz CT molecular complexity index is 747. The minimum Gasteiger partial charge on any atom is -0.354 e. The van der Waals surface area contributed by atoms with Crippen molar-refractivity contribution in [2.75, 3.05) is 6.54 Å². The van der Waals surface area contributed by atoms with Gasteiger partial charge in [0.15, 0.2) is 0 Å². The number of rotatable bonds is 10. The number of nitrogens with one attached hydrogen (secondary N) is 1. The lowest BCUT2D eigenvalue weighted by molar-refractivity contribution is -0.140. The standard InChI is InChI=1S/C23H29FN2O2/c1-3-5-15-25-23(28)21(4-2)26(17-19-11-13-20(24)14-12-19)22(27)16-18-9-7-6-8-10-18/h6-14,21H,3-5,15-17H2,1-2H3,(H,25,28). The van der Waals surface area contributed by atoms with Crippen molar-refractivity contribution in [3.63, 3.8) is 0 Å². The lowest BCUT2D eigenvalue weighted by Crippen LogP contribution is -2.49. The summed E-state index contributed by atoms with van der Waals surface area (Å²) in [5.41, 5.74) is 1.69. The second-order valence-corrected chi connectivity index (χ2v) is 6.88. The lowest BCUT2D eigenvalue weighted by Gasteiger charge is -2.31. The Balaban J connectivity index is 2.21. The van der Waals surface area contributed by atoms with Crippen molar-refractivity contribution < 1.29 is 14.0 Å². The van der Waals surface area contributed by atoms with Crippen molar-refractivity contribution in [2.45, 2.75) is 52.1 Å². The van der Waals surface area contributed by atoms with Crippen LogP contribution in [-0.2, 0) is 22.6 Å². The van der Waals surface area contributed by atoms with Crippen LogP contribution in [0.5, 0.6) is 0 Å². The van der Waals surface area contributed by atoms with E-state index < -0.39 is 6.04 Å². The van der Waals surface area contributed by atoms with Crippen molar-refractivity contribution >= 4 is 11.8 Å². The number of carbonyl (C=O) groups is 2. The van der Waals surface area contributed by atoms with Gasteiger partial charge in [-0.2, -0.15) is 0 Å². The molecule has 2 aromatic carbocycles. The fourth-order valence-corrected chi connectivity index (χ4v) is 3.08. The van der Waals surface area contributed by atoms with Crippen molar-refractivity contribution in [1.29, 1.82) is 0 Å². The van der Waals surface area contributed by atoms with Gasteiger partial charge < -0.3 is 10.2 Å². The Labute approximate surface area is 166 Å². The molecule has 4 nitrogen and oxygen atoms in total. The summed E-state index contributed by atoms with van der Waals surface area (Å²) in [4.78, 5) is 27.4. The summed E-state index contributed by atoms with van der Waals surface area (Å²) < 4.78 is 13.3. The third-order valence-corrected chi connectivity index (χ3v) is 4.68. The molecule has 0 aliphatic rings. The van der Waals surface area contributed by atoms with Crippen LogP contribution in [0.15, 0.2) is 54.6 Å². The van der Waals surface area contributed by atoms with E-state index in [1.54, 1.807) is 17.0 Å². The molecule has 2 amide bonds. The Morgan fingerprint density at radius 1 is 1.00 bits per heavy atom. The number of hydrogen-bond donors (Lipinski definition) is 1. The molecule has 0 aliphatic carbocycles. The van der Waals surface area contributed by atoms with E-state index in [-0.39, 0.29) is 30.6 Å². The van der Waals surface area contributed by atoms with Gasteiger partial charge in [0, 0.05) is 13.1 Å². The quantitative estimate of drug-likeness (QED) is 0.627. The maximum Gasteiger partial charge on any atom is 0.242 e. The van der Waals surface area contributed by atoms with E-state index in [4.69, 9.17) is 0 Å². The molecule has 0 saturated carbocycles. The van der Waals surface area contributed by atoms with Gasteiger partial charge in [-0.1, -0.05) is 62.7 Å². The maximum absolute atomic E-state index is 13.3. The number of amides is 2. The van der Waals surface area contributed by atoms with E-state index in [0.29, 0.717) is 13.0 Å². The van der Waals surface area contributed by atoms with E-state index in [2.05, 4.69) is 12.2 Å². The van der Waals surface area contributed by atoms with Gasteiger partial charge in [-0.3, -0.25) is 9.59 Å². The predicted octanol–water partition coefficient (Wildman–Crippen LogP) is 4.09. The summed E-state index contributed by atoms with van der Waals surface area (Å²) >= 11 is 0. The van der Waals surface area contributed by atoms with E-state index >= 15 is 0 Å². The maximum atomic E-state index is 13.3. The third kappa shape index (κ3) is 6.48. The molecule has 0 bridgehead atoms. The molecular formula is C23H29FN2O2. The molecule has 0 radical (unpaired) electrons. The molecule has 0 fully saturated rings. The normalized spacial score (nSPS) is 11.7. The van der Waals surface area contributed by atoms with E-state index in [9.17, 15) is 14.0 Å². The highest BCUT2D eigenvalue weighted by Gasteiger charge is 2.28. The topological polar surface area (TPSA) is 49.4 Å². The van der Waals surface area contributed by atoms with Crippen molar-refractivity contribution in [3.8, 4) is 0 Å². The van der Waals surface area contributed by atoms with Gasteiger partial charge in [-0.25, -0.2) is 4.39 Å². The predicted molar refractivity (Wildman–Crippen MR) is 109 cm³/mol. The van der Waals surface area contributed by atoms with Crippen LogP contribution in [0.2, 0.25) is 0 Å². The Morgan fingerprint density at radius 3 is 2.29 bits per heavy atom. The molecule has 5 heteroatoms. The molecule has 2 rings (SSSR count). The Hall–Kier alpha value is -2.69. The molecule has 150 valence electrons. The fourth-order valence-electron chi connectivity index (χ4n) is 3.08. The summed E-state index contributed by atoms with van der Waals surface area (Å²) in [5, 5.41) is 2.94. The molecule has 1 unspecified atom stereocenters. The second-order valence-electron chi connectivity index (χ2n) is 6.88. The van der Waals surface area contributed by atoms with E-state index in [1.807, 2.05) is 37.3 Å². The van der Waals surface area contributed by atoms with Crippen LogP contribution in [0.1, 0.15) is 44.2 Å². The van der Waals surface area contributed by atoms with Gasteiger partial charge in [0.05, 0.1) is 6.42 Å². The van der Waals surface area contributed by atoms with Crippen LogP contribution >= 0.6 is 0 Å². The fraction of sp³-hybridized carbons (Fsp3) is 0.391. The number of carbonyl (C=O) groups excluding carboxylic acids is 2. The molecule has 0 heterocycles. The highest BCUT2D eigenvalue weighted by atomic mass is 19.1. The number of unbranched alkanes of at least 4 members (excludes halogenated alkanes) is 1. The van der Waals surface area contributed by atoms with Crippen LogP contribution in [0.4, 0.5) is 4.39 Å². The van der Waals surface area contributed by atoms with Crippen LogP contribution in [0, 0.1) is 5.82 Å². The zero-order chi connectivity index (χ0) is 20.4. The Morgan fingerprint density at radius 2 is 1.68 bits per heavy atom. The van der Waals surface area contributed by atoms with Gasteiger partial charge in [0.25, 0.3) is 0 Å². The molecular weight excluding hydrogens is 355 g/mol. The van der Waals surface area contributed by atoms with Gasteiger partial charge in [0.1, 0.15) is 11.9 Å². The molecule has 1 atom stereocenters. The Kier molecular flexibility index (Phi) is 8.66. The zero-order valence-electron chi connectivity index (χ0n) is 16.7. The molecule has 28 heavy (non-hydrogen) atoms. The molecule has 2 aromatic rings. The second kappa shape index (κ2) is 11.2. The summed E-state index contributed by atoms with van der Waals surface area (Å²) in [5.74, 6) is -0.581. The SMILES string of the molecule is CCCCNC(=O)C(CC)N(Cc1ccc(F)cc1)C(=O)Cc1ccccc1. The number of hydrogen-bond acceptors (Lipinski definition) is 2. The average Bonchev–Trinajstić information content (AvgIpc) is 2.70. The molecule has 0 aliphatic heterocycles. The van der Waals surface area contributed by atoms with Crippen LogP contribution < -0.4 is 5.32 Å². The van der Waals surface area contributed by atoms with Crippen LogP contribution in [0.25, 0.3) is 0 Å². The van der Waals surface area contributed by atoms with E-state index in [1.165, 1.54) is 12.1 Å². The number of nitrogens with zero attached hydrogens (tertiary/aromatic N) is 1. The highest BCUT2D eigenvalue weighted by Crippen LogP contribution is 2.15. The van der Waals surface area contributed by atoms with E-state index in [0.717, 1.165) is 24.0 Å². The summed E-state index contributed by atoms with van der Waals surface area (Å²) in [6, 6.07) is 15.0. The first kappa shape index (κ1) is 21.6. The minimum absolute atomic E-state index is 0.118. The first-order valence-electron chi connectivity index (χ1n) is 9.90. The van der Waals surface area contributed by atoms with Gasteiger partial charge >= 0.3 is 0 Å². The molecule has 0 aromatic heterocycles. The molecule has 0 saturated heterocycles. The van der Waals surface area contributed by atoms with Crippen molar-refractivity contribution in [2.24, 2.45) is 0 Å². The first-order valence-corrected chi connectivity index (χ1v) is 9.90. The minimum atomic E-state index is -0.557. The third-order valence-electron chi connectivity index (χ3n) is 4.68. The smallest absolute Gasteiger partial charge is 0.242 e. The largest absolute Gasteiger partial charge is 0.354 e. The van der Waals surface area contributed by atoms with Gasteiger partial charge in [-0.05, 0) is 36.1 Å². The van der Waals surface area contributed by atoms with Gasteiger partial charge in [0.2, 0.25) is 11.8 Å². The number of halogens is 1. The molecule has 1 N–H and O–H groups in total. The summed E-state index contributed by atoms with van der Waals surface area (Å²) in [6.07, 6.45) is 2.63. The zero-order valence-corrected chi connectivity index (χ0v) is 16.7. The summed E-state index contributed by atoms with van der Waals surface area (Å²) in [6.45, 7) is 4.83. The monoisotopic (exact) mass is 384 g/mol. The van der Waals surface area contributed by atoms with Crippen molar-refractivity contribution in [3.05, 3.63) is 71.5 Å². The number of benzene rings is 2. The van der Waals surface area contributed by atoms with Crippen LogP contribution in [0.3, 0.4) is 0 Å². The molecule has 0 spiro atoms. The highest BCUT2D eigenvalue weighted by molar-refractivity contribution is 5.88. The van der Waals surface area contributed by atoms with Crippen molar-refractivity contribution in [1.82, 2.24) is 10.2 Å². The summed E-state index contributed by atoms with van der Waals surface area (Å²) in [7, 11) is 0. The first-order chi connectivity index (χ1) is 13.5.